The summed E-state index contributed by atoms with van der Waals surface area (Å²) in [5.74, 6) is 0. The zero-order valence-corrected chi connectivity index (χ0v) is 12.6. The van der Waals surface area contributed by atoms with Crippen molar-refractivity contribution in [3.05, 3.63) is 28.2 Å². The van der Waals surface area contributed by atoms with E-state index in [-0.39, 0.29) is 0 Å². The molecule has 3 heteroatoms. The molecule has 84 valence electrons. The van der Waals surface area contributed by atoms with Crippen molar-refractivity contribution < 1.29 is 0 Å². The molecule has 0 aliphatic carbocycles. The average molecular weight is 335 g/mol. The minimum atomic E-state index is 0.567. The molecule has 1 unspecified atom stereocenters. The molecule has 0 bridgehead atoms. The molecular weight excluding hydrogens is 318 g/mol. The van der Waals surface area contributed by atoms with Crippen LogP contribution in [0.15, 0.2) is 22.7 Å². The first kappa shape index (κ1) is 13.0. The lowest BCUT2D eigenvalue weighted by molar-refractivity contribution is 0.662. The molecule has 15 heavy (non-hydrogen) atoms. The van der Waals surface area contributed by atoms with Gasteiger partial charge in [-0.25, -0.2) is 0 Å². The average Bonchev–Trinajstić information content (AvgIpc) is 2.27. The summed E-state index contributed by atoms with van der Waals surface area (Å²) in [4.78, 5) is 2.33. The van der Waals surface area contributed by atoms with Crippen LogP contribution in [0.4, 0.5) is 5.69 Å². The van der Waals surface area contributed by atoms with Gasteiger partial charge in [0.1, 0.15) is 0 Å². The van der Waals surface area contributed by atoms with Crippen LogP contribution in [-0.4, -0.2) is 13.1 Å². The number of rotatable bonds is 4. The van der Waals surface area contributed by atoms with Gasteiger partial charge in [-0.3, -0.25) is 0 Å². The second-order valence-electron chi connectivity index (χ2n) is 3.77. The maximum absolute atomic E-state index is 3.53. The molecule has 0 saturated heterocycles. The first-order valence-corrected chi connectivity index (χ1v) is 7.08. The molecular formula is C12H17Br2N. The fourth-order valence-corrected chi connectivity index (χ4v) is 2.31. The minimum absolute atomic E-state index is 0.567. The van der Waals surface area contributed by atoms with E-state index in [2.05, 4.69) is 75.9 Å². The topological polar surface area (TPSA) is 3.24 Å². The molecule has 0 amide bonds. The molecule has 1 atom stereocenters. The molecule has 0 spiro atoms. The Balaban J connectivity index is 3.05. The minimum Gasteiger partial charge on any atom is -0.372 e. The summed E-state index contributed by atoms with van der Waals surface area (Å²) in [7, 11) is 2.15. The lowest BCUT2D eigenvalue weighted by atomic mass is 10.1. The van der Waals surface area contributed by atoms with Crippen LogP contribution < -0.4 is 4.90 Å². The SMILES string of the molecule is CCC(C)N(C)c1cc(Br)ccc1CBr. The summed E-state index contributed by atoms with van der Waals surface area (Å²) in [5, 5.41) is 0.899. The van der Waals surface area contributed by atoms with E-state index in [1.165, 1.54) is 11.3 Å². The lowest BCUT2D eigenvalue weighted by Crippen LogP contribution is -2.28. The van der Waals surface area contributed by atoms with Crippen molar-refractivity contribution in [3.63, 3.8) is 0 Å². The summed E-state index contributed by atoms with van der Waals surface area (Å²) in [6.45, 7) is 4.46. The quantitative estimate of drug-likeness (QED) is 0.728. The van der Waals surface area contributed by atoms with Gasteiger partial charge in [0, 0.05) is 28.6 Å². The Kier molecular flexibility index (Phi) is 5.13. The Morgan fingerprint density at radius 1 is 1.40 bits per heavy atom. The Hall–Kier alpha value is -0.0200. The second kappa shape index (κ2) is 5.90. The monoisotopic (exact) mass is 333 g/mol. The van der Waals surface area contributed by atoms with Crippen molar-refractivity contribution in [2.75, 3.05) is 11.9 Å². The Morgan fingerprint density at radius 3 is 2.60 bits per heavy atom. The standard InChI is InChI=1S/C12H17Br2N/c1-4-9(2)15(3)12-7-11(14)6-5-10(12)8-13/h5-7,9H,4,8H2,1-3H3. The van der Waals surface area contributed by atoms with Gasteiger partial charge in [0.15, 0.2) is 0 Å². The van der Waals surface area contributed by atoms with E-state index < -0.39 is 0 Å². The van der Waals surface area contributed by atoms with Crippen molar-refractivity contribution in [1.82, 2.24) is 0 Å². The van der Waals surface area contributed by atoms with Gasteiger partial charge in [-0.15, -0.1) is 0 Å². The van der Waals surface area contributed by atoms with Crippen molar-refractivity contribution >= 4 is 37.5 Å². The zero-order chi connectivity index (χ0) is 11.4. The Bertz CT molecular complexity index is 325. The van der Waals surface area contributed by atoms with Gasteiger partial charge in [-0.1, -0.05) is 44.8 Å². The maximum atomic E-state index is 3.53. The first-order chi connectivity index (χ1) is 7.10. The van der Waals surface area contributed by atoms with Crippen LogP contribution in [0.25, 0.3) is 0 Å². The highest BCUT2D eigenvalue weighted by molar-refractivity contribution is 9.10. The van der Waals surface area contributed by atoms with Crippen LogP contribution in [0.3, 0.4) is 0 Å². The van der Waals surface area contributed by atoms with Gasteiger partial charge >= 0.3 is 0 Å². The highest BCUT2D eigenvalue weighted by Crippen LogP contribution is 2.27. The van der Waals surface area contributed by atoms with Gasteiger partial charge in [0.25, 0.3) is 0 Å². The van der Waals surface area contributed by atoms with E-state index in [1.807, 2.05) is 0 Å². The summed E-state index contributed by atoms with van der Waals surface area (Å²) in [6, 6.07) is 7.00. The predicted octanol–water partition coefficient (Wildman–Crippen LogP) is 4.58. The number of nitrogens with zero attached hydrogens (tertiary/aromatic N) is 1. The molecule has 1 aromatic carbocycles. The number of anilines is 1. The van der Waals surface area contributed by atoms with Crippen LogP contribution >= 0.6 is 31.9 Å². The summed E-state index contributed by atoms with van der Waals surface area (Å²) >= 11 is 7.05. The van der Waals surface area contributed by atoms with Gasteiger partial charge in [-0.05, 0) is 31.0 Å². The van der Waals surface area contributed by atoms with E-state index in [9.17, 15) is 0 Å². The fourth-order valence-electron chi connectivity index (χ4n) is 1.49. The molecule has 1 rings (SSSR count). The molecule has 1 nitrogen and oxygen atoms in total. The third-order valence-electron chi connectivity index (χ3n) is 2.82. The van der Waals surface area contributed by atoms with E-state index >= 15 is 0 Å². The molecule has 0 N–H and O–H groups in total. The smallest absolute Gasteiger partial charge is 0.0418 e. The lowest BCUT2D eigenvalue weighted by Gasteiger charge is -2.28. The summed E-state index contributed by atoms with van der Waals surface area (Å²) in [6.07, 6.45) is 1.16. The number of hydrogen-bond acceptors (Lipinski definition) is 1. The molecule has 0 aromatic heterocycles. The highest BCUT2D eigenvalue weighted by Gasteiger charge is 2.11. The highest BCUT2D eigenvalue weighted by atomic mass is 79.9. The molecule has 0 radical (unpaired) electrons. The van der Waals surface area contributed by atoms with Crippen LogP contribution in [-0.2, 0) is 5.33 Å². The van der Waals surface area contributed by atoms with Crippen LogP contribution in [0.2, 0.25) is 0 Å². The third kappa shape index (κ3) is 3.22. The Morgan fingerprint density at radius 2 is 2.07 bits per heavy atom. The zero-order valence-electron chi connectivity index (χ0n) is 9.43. The molecule has 0 saturated carbocycles. The molecule has 0 aliphatic heterocycles. The number of benzene rings is 1. The third-order valence-corrected chi connectivity index (χ3v) is 3.92. The number of halogens is 2. The maximum Gasteiger partial charge on any atom is 0.0418 e. The molecule has 0 heterocycles. The van der Waals surface area contributed by atoms with E-state index in [4.69, 9.17) is 0 Å². The van der Waals surface area contributed by atoms with Crippen molar-refractivity contribution in [2.24, 2.45) is 0 Å². The van der Waals surface area contributed by atoms with Gasteiger partial charge < -0.3 is 4.90 Å². The van der Waals surface area contributed by atoms with Gasteiger partial charge in [0.05, 0.1) is 0 Å². The van der Waals surface area contributed by atoms with Crippen LogP contribution in [0.1, 0.15) is 25.8 Å². The number of alkyl halides is 1. The summed E-state index contributed by atoms with van der Waals surface area (Å²) in [5.41, 5.74) is 2.64. The van der Waals surface area contributed by atoms with E-state index in [0.29, 0.717) is 6.04 Å². The first-order valence-electron chi connectivity index (χ1n) is 5.17. The van der Waals surface area contributed by atoms with Crippen LogP contribution in [0, 0.1) is 0 Å². The van der Waals surface area contributed by atoms with E-state index in [1.54, 1.807) is 0 Å². The van der Waals surface area contributed by atoms with Crippen molar-refractivity contribution in [3.8, 4) is 0 Å². The molecule has 1 aromatic rings. The Labute approximate surface area is 109 Å². The van der Waals surface area contributed by atoms with Crippen molar-refractivity contribution in [1.29, 1.82) is 0 Å². The van der Waals surface area contributed by atoms with Gasteiger partial charge in [-0.2, -0.15) is 0 Å². The normalized spacial score (nSPS) is 12.6. The molecule has 0 aliphatic rings. The number of hydrogen-bond donors (Lipinski definition) is 0. The molecule has 0 fully saturated rings. The van der Waals surface area contributed by atoms with Crippen LogP contribution in [0.5, 0.6) is 0 Å². The van der Waals surface area contributed by atoms with Gasteiger partial charge in [0.2, 0.25) is 0 Å². The fraction of sp³-hybridized carbons (Fsp3) is 0.500. The second-order valence-corrected chi connectivity index (χ2v) is 5.25. The predicted molar refractivity (Wildman–Crippen MR) is 74.9 cm³/mol. The summed E-state index contributed by atoms with van der Waals surface area (Å²) < 4.78 is 1.14. The van der Waals surface area contributed by atoms with E-state index in [0.717, 1.165) is 16.2 Å². The van der Waals surface area contributed by atoms with Crippen molar-refractivity contribution in [2.45, 2.75) is 31.6 Å². The largest absolute Gasteiger partial charge is 0.372 e.